The van der Waals surface area contributed by atoms with Gasteiger partial charge in [-0.2, -0.15) is 0 Å². The van der Waals surface area contributed by atoms with Gasteiger partial charge in [0.2, 0.25) is 0 Å². The van der Waals surface area contributed by atoms with E-state index in [2.05, 4.69) is 22.4 Å². The second-order valence-corrected chi connectivity index (χ2v) is 8.56. The van der Waals surface area contributed by atoms with Crippen LogP contribution >= 0.6 is 11.8 Å². The van der Waals surface area contributed by atoms with Gasteiger partial charge < -0.3 is 11.1 Å². The molecule has 0 unspecified atom stereocenters. The van der Waals surface area contributed by atoms with Crippen LogP contribution < -0.4 is 11.1 Å². The number of nitrogens with one attached hydrogen (secondary N) is 1. The van der Waals surface area contributed by atoms with Crippen molar-refractivity contribution in [1.82, 2.24) is 5.32 Å². The Bertz CT molecular complexity index is 1110. The first-order chi connectivity index (χ1) is 15.0. The van der Waals surface area contributed by atoms with Crippen molar-refractivity contribution in [3.8, 4) is 0 Å². The Morgan fingerprint density at radius 3 is 2.48 bits per heavy atom. The monoisotopic (exact) mass is 433 g/mol. The standard InChI is InChI=1S/C25H24FN3OS/c1-28-25(30)24(29-19-11-9-18(26)10-12-19)21-13-20(17-7-8-17)23(14-22(21)27)31-15-16-5-3-2-4-6-16/h2-6,9-14,17H,7-8,15,27H2,1H3,(H,28,30). The largest absolute Gasteiger partial charge is 0.398 e. The van der Waals surface area contributed by atoms with Crippen LogP contribution in [0.1, 0.15) is 35.4 Å². The Hall–Kier alpha value is -3.12. The third-order valence-electron chi connectivity index (χ3n) is 5.20. The molecule has 4 rings (SSSR count). The predicted molar refractivity (Wildman–Crippen MR) is 125 cm³/mol. The van der Waals surface area contributed by atoms with Crippen LogP contribution in [0.4, 0.5) is 15.8 Å². The molecule has 0 spiro atoms. The highest BCUT2D eigenvalue weighted by Gasteiger charge is 2.28. The minimum Gasteiger partial charge on any atom is -0.398 e. The summed E-state index contributed by atoms with van der Waals surface area (Å²) in [6.45, 7) is 0. The van der Waals surface area contributed by atoms with Crippen molar-refractivity contribution in [2.24, 2.45) is 4.99 Å². The zero-order valence-corrected chi connectivity index (χ0v) is 18.1. The third kappa shape index (κ3) is 5.14. The smallest absolute Gasteiger partial charge is 0.270 e. The maximum atomic E-state index is 13.3. The molecule has 6 heteroatoms. The van der Waals surface area contributed by atoms with Gasteiger partial charge in [0.1, 0.15) is 11.5 Å². The maximum Gasteiger partial charge on any atom is 0.270 e. The number of carbonyl (C=O) groups excluding carboxylic acids is 1. The molecule has 1 aliphatic carbocycles. The summed E-state index contributed by atoms with van der Waals surface area (Å²) in [5.41, 5.74) is 10.7. The number of likely N-dealkylation sites (N-methyl/N-ethyl adjacent to an activating group) is 1. The van der Waals surface area contributed by atoms with Gasteiger partial charge >= 0.3 is 0 Å². The Kier molecular flexibility index (Phi) is 6.37. The average molecular weight is 434 g/mol. The van der Waals surface area contributed by atoms with Crippen LogP contribution in [0.5, 0.6) is 0 Å². The van der Waals surface area contributed by atoms with Crippen molar-refractivity contribution in [2.75, 3.05) is 12.8 Å². The maximum absolute atomic E-state index is 13.3. The first-order valence-electron chi connectivity index (χ1n) is 10.2. The van der Waals surface area contributed by atoms with E-state index >= 15 is 0 Å². The number of amides is 1. The molecule has 0 saturated heterocycles. The zero-order valence-electron chi connectivity index (χ0n) is 17.3. The predicted octanol–water partition coefficient (Wildman–Crippen LogP) is 5.44. The van der Waals surface area contributed by atoms with E-state index in [9.17, 15) is 9.18 Å². The summed E-state index contributed by atoms with van der Waals surface area (Å²) in [7, 11) is 1.56. The number of hydrogen-bond acceptors (Lipinski definition) is 4. The minimum atomic E-state index is -0.351. The van der Waals surface area contributed by atoms with Crippen LogP contribution in [0.2, 0.25) is 0 Å². The molecule has 1 amide bonds. The normalized spacial score (nSPS) is 13.8. The number of carbonyl (C=O) groups is 1. The number of hydrogen-bond donors (Lipinski definition) is 2. The van der Waals surface area contributed by atoms with E-state index in [0.717, 1.165) is 23.5 Å². The summed E-state index contributed by atoms with van der Waals surface area (Å²) in [5.74, 6) is 0.651. The van der Waals surface area contributed by atoms with Crippen LogP contribution in [0.25, 0.3) is 0 Å². The molecule has 1 aliphatic rings. The molecule has 0 bridgehead atoms. The number of benzene rings is 3. The SMILES string of the molecule is CNC(=O)C(=Nc1ccc(F)cc1)c1cc(C2CC2)c(SCc2ccccc2)cc1N. The van der Waals surface area contributed by atoms with Crippen molar-refractivity contribution in [1.29, 1.82) is 0 Å². The first-order valence-corrected chi connectivity index (χ1v) is 11.2. The lowest BCUT2D eigenvalue weighted by atomic mass is 10.0. The lowest BCUT2D eigenvalue weighted by Crippen LogP contribution is -2.29. The Labute approximate surface area is 185 Å². The minimum absolute atomic E-state index is 0.230. The molecule has 0 atom stereocenters. The number of halogens is 1. The molecule has 0 aromatic heterocycles. The Morgan fingerprint density at radius 1 is 1.13 bits per heavy atom. The summed E-state index contributed by atoms with van der Waals surface area (Å²) >= 11 is 1.76. The summed E-state index contributed by atoms with van der Waals surface area (Å²) in [4.78, 5) is 18.3. The highest BCUT2D eigenvalue weighted by atomic mass is 32.2. The third-order valence-corrected chi connectivity index (χ3v) is 6.34. The van der Waals surface area contributed by atoms with Gasteiger partial charge in [-0.1, -0.05) is 30.3 Å². The van der Waals surface area contributed by atoms with Crippen molar-refractivity contribution in [3.63, 3.8) is 0 Å². The molecule has 3 N–H and O–H groups in total. The van der Waals surface area contributed by atoms with Crippen LogP contribution in [0, 0.1) is 5.82 Å². The second-order valence-electron chi connectivity index (χ2n) is 7.54. The lowest BCUT2D eigenvalue weighted by Gasteiger charge is -2.15. The topological polar surface area (TPSA) is 67.5 Å². The highest BCUT2D eigenvalue weighted by molar-refractivity contribution is 7.98. The highest BCUT2D eigenvalue weighted by Crippen LogP contribution is 2.46. The lowest BCUT2D eigenvalue weighted by molar-refractivity contribution is -0.114. The van der Waals surface area contributed by atoms with Crippen LogP contribution in [0.3, 0.4) is 0 Å². The second kappa shape index (κ2) is 9.35. The van der Waals surface area contributed by atoms with E-state index in [-0.39, 0.29) is 17.4 Å². The van der Waals surface area contributed by atoms with Gasteiger partial charge in [0.15, 0.2) is 0 Å². The van der Waals surface area contributed by atoms with Gasteiger partial charge in [0, 0.05) is 28.9 Å². The van der Waals surface area contributed by atoms with Crippen LogP contribution in [0.15, 0.2) is 76.6 Å². The van der Waals surface area contributed by atoms with Gasteiger partial charge in [-0.05, 0) is 66.3 Å². The van der Waals surface area contributed by atoms with Gasteiger partial charge in [0.25, 0.3) is 5.91 Å². The summed E-state index contributed by atoms with van der Waals surface area (Å²) < 4.78 is 13.3. The number of anilines is 1. The zero-order chi connectivity index (χ0) is 21.8. The van der Waals surface area contributed by atoms with E-state index in [1.165, 1.54) is 23.3 Å². The van der Waals surface area contributed by atoms with Crippen LogP contribution in [-0.4, -0.2) is 18.7 Å². The molecule has 3 aromatic rings. The molecule has 31 heavy (non-hydrogen) atoms. The molecule has 3 aromatic carbocycles. The fraction of sp³-hybridized carbons (Fsp3) is 0.200. The van der Waals surface area contributed by atoms with E-state index < -0.39 is 0 Å². The average Bonchev–Trinajstić information content (AvgIpc) is 3.63. The Balaban J connectivity index is 1.71. The number of nitrogens with zero attached hydrogens (tertiary/aromatic N) is 1. The summed E-state index contributed by atoms with van der Waals surface area (Å²) in [6.07, 6.45) is 2.26. The fourth-order valence-corrected chi connectivity index (χ4v) is 4.50. The summed E-state index contributed by atoms with van der Waals surface area (Å²) in [6, 6.07) is 20.0. The van der Waals surface area contributed by atoms with E-state index in [1.807, 2.05) is 30.3 Å². The molecule has 0 heterocycles. The van der Waals surface area contributed by atoms with Gasteiger partial charge in [-0.3, -0.25) is 4.79 Å². The van der Waals surface area contributed by atoms with Crippen molar-refractivity contribution in [2.45, 2.75) is 29.4 Å². The first kappa shape index (κ1) is 21.1. The number of rotatable bonds is 7. The molecule has 0 aliphatic heterocycles. The van der Waals surface area contributed by atoms with Crippen molar-refractivity contribution < 1.29 is 9.18 Å². The molecule has 158 valence electrons. The van der Waals surface area contributed by atoms with E-state index in [1.54, 1.807) is 30.9 Å². The number of nitrogens with two attached hydrogens (primary N) is 1. The van der Waals surface area contributed by atoms with Crippen LogP contribution in [-0.2, 0) is 10.5 Å². The molecular weight excluding hydrogens is 409 g/mol. The molecule has 1 saturated carbocycles. The quantitative estimate of drug-likeness (QED) is 0.296. The van der Waals surface area contributed by atoms with Crippen molar-refractivity contribution in [3.05, 3.63) is 89.2 Å². The van der Waals surface area contributed by atoms with E-state index in [4.69, 9.17) is 5.73 Å². The Morgan fingerprint density at radius 2 is 1.84 bits per heavy atom. The van der Waals surface area contributed by atoms with Gasteiger partial charge in [-0.25, -0.2) is 9.38 Å². The van der Waals surface area contributed by atoms with Gasteiger partial charge in [0.05, 0.1) is 5.69 Å². The number of thioether (sulfide) groups is 1. The molecule has 4 nitrogen and oxygen atoms in total. The number of nitrogen functional groups attached to an aromatic ring is 1. The van der Waals surface area contributed by atoms with Crippen molar-refractivity contribution >= 4 is 34.8 Å². The molecular formula is C25H24FN3OS. The summed E-state index contributed by atoms with van der Waals surface area (Å²) in [5, 5.41) is 2.64. The number of aliphatic imine (C=N–C) groups is 1. The van der Waals surface area contributed by atoms with Gasteiger partial charge in [-0.15, -0.1) is 11.8 Å². The molecule has 1 fully saturated rings. The van der Waals surface area contributed by atoms with E-state index in [0.29, 0.717) is 22.9 Å². The fourth-order valence-electron chi connectivity index (χ4n) is 3.39. The molecule has 0 radical (unpaired) electrons.